The quantitative estimate of drug-likeness (QED) is 0.397. The first-order valence-electron chi connectivity index (χ1n) is 8.88. The Morgan fingerprint density at radius 1 is 1.33 bits per heavy atom. The summed E-state index contributed by atoms with van der Waals surface area (Å²) in [6.07, 6.45) is -2.84. The molecule has 3 heterocycles. The van der Waals surface area contributed by atoms with Crippen LogP contribution < -0.4 is 10.6 Å². The lowest BCUT2D eigenvalue weighted by Crippen LogP contribution is -2.35. The van der Waals surface area contributed by atoms with E-state index in [2.05, 4.69) is 31.7 Å². The van der Waals surface area contributed by atoms with Gasteiger partial charge in [0.25, 0.3) is 5.91 Å². The molecule has 1 aliphatic heterocycles. The molecule has 1 aromatic carbocycles. The lowest BCUT2D eigenvalue weighted by atomic mass is 10.0. The van der Waals surface area contributed by atoms with Gasteiger partial charge in [-0.2, -0.15) is 18.3 Å². The highest BCUT2D eigenvalue weighted by molar-refractivity contribution is 9.10. The van der Waals surface area contributed by atoms with Crippen molar-refractivity contribution >= 4 is 56.4 Å². The zero-order valence-corrected chi connectivity index (χ0v) is 18.8. The number of para-hydroxylation sites is 1. The second kappa shape index (κ2) is 8.27. The number of nitrogens with one attached hydrogen (secondary N) is 2. The molecule has 5 nitrogen and oxygen atoms in total. The molecule has 0 saturated carbocycles. The van der Waals surface area contributed by atoms with Crippen LogP contribution in [0.25, 0.3) is 0 Å². The number of hydrogen-bond acceptors (Lipinski definition) is 5. The second-order valence-corrected chi connectivity index (χ2v) is 9.24. The highest BCUT2D eigenvalue weighted by Crippen LogP contribution is 2.47. The molecule has 3 aromatic rings. The SMILES string of the molecule is CSc1ccccc1NC(=O)c1nn2c(c1Br)N[C@@H](c1cccs1)C[C@@H]2C(F)(F)F. The van der Waals surface area contributed by atoms with Gasteiger partial charge in [0.05, 0.1) is 16.2 Å². The Kier molecular flexibility index (Phi) is 5.86. The van der Waals surface area contributed by atoms with Gasteiger partial charge in [-0.15, -0.1) is 23.1 Å². The van der Waals surface area contributed by atoms with Crippen LogP contribution >= 0.6 is 39.0 Å². The number of benzene rings is 1. The topological polar surface area (TPSA) is 59.0 Å². The maximum Gasteiger partial charge on any atom is 0.410 e. The Hall–Kier alpha value is -1.98. The average Bonchev–Trinajstić information content (AvgIpc) is 3.35. The third kappa shape index (κ3) is 3.97. The van der Waals surface area contributed by atoms with E-state index in [1.54, 1.807) is 24.3 Å². The number of halogens is 4. The van der Waals surface area contributed by atoms with Crippen molar-refractivity contribution in [2.75, 3.05) is 16.9 Å². The summed E-state index contributed by atoms with van der Waals surface area (Å²) in [7, 11) is 0. The number of fused-ring (bicyclic) bond motifs is 1. The van der Waals surface area contributed by atoms with E-state index in [9.17, 15) is 18.0 Å². The molecular weight excluding hydrogens is 501 g/mol. The zero-order valence-electron chi connectivity index (χ0n) is 15.5. The lowest BCUT2D eigenvalue weighted by molar-refractivity contribution is -0.173. The van der Waals surface area contributed by atoms with Crippen molar-refractivity contribution < 1.29 is 18.0 Å². The summed E-state index contributed by atoms with van der Waals surface area (Å²) in [4.78, 5) is 14.5. The minimum Gasteiger partial charge on any atom is -0.362 e. The molecule has 0 radical (unpaired) electrons. The van der Waals surface area contributed by atoms with E-state index in [4.69, 9.17) is 0 Å². The van der Waals surface area contributed by atoms with Crippen molar-refractivity contribution in [2.24, 2.45) is 0 Å². The van der Waals surface area contributed by atoms with Gasteiger partial charge in [0.1, 0.15) is 5.82 Å². The van der Waals surface area contributed by atoms with Gasteiger partial charge in [-0.05, 0) is 45.8 Å². The molecule has 2 N–H and O–H groups in total. The number of carbonyl (C=O) groups excluding carboxylic acids is 1. The van der Waals surface area contributed by atoms with Gasteiger partial charge in [-0.3, -0.25) is 4.79 Å². The number of nitrogens with zero attached hydrogens (tertiary/aromatic N) is 2. The number of thioether (sulfide) groups is 1. The Morgan fingerprint density at radius 3 is 2.77 bits per heavy atom. The Labute approximate surface area is 187 Å². The van der Waals surface area contributed by atoms with E-state index in [0.29, 0.717) is 5.69 Å². The third-order valence-corrected chi connectivity index (χ3v) is 7.29. The number of thiophene rings is 1. The highest BCUT2D eigenvalue weighted by Gasteiger charge is 2.48. The van der Waals surface area contributed by atoms with Crippen molar-refractivity contribution in [2.45, 2.75) is 29.6 Å². The fraction of sp³-hybridized carbons (Fsp3) is 0.263. The van der Waals surface area contributed by atoms with Gasteiger partial charge in [0, 0.05) is 16.2 Å². The molecule has 0 bridgehead atoms. The smallest absolute Gasteiger partial charge is 0.362 e. The molecule has 1 amide bonds. The molecule has 30 heavy (non-hydrogen) atoms. The van der Waals surface area contributed by atoms with Gasteiger partial charge < -0.3 is 10.6 Å². The standard InChI is InChI=1S/C19H16BrF3N4OS2/c1-29-12-6-3-2-5-10(12)25-18(28)16-15(20)17-24-11(13-7-4-8-30-13)9-14(19(21,22)23)27(17)26-16/h2-8,11,14,24H,9H2,1H3,(H,25,28)/t11-,14-/m1/s1. The first-order chi connectivity index (χ1) is 14.3. The van der Waals surface area contributed by atoms with E-state index in [1.165, 1.54) is 23.1 Å². The van der Waals surface area contributed by atoms with Crippen molar-refractivity contribution in [1.29, 1.82) is 0 Å². The van der Waals surface area contributed by atoms with Crippen molar-refractivity contribution in [3.05, 3.63) is 56.8 Å². The Bertz CT molecular complexity index is 1070. The van der Waals surface area contributed by atoms with Crippen LogP contribution in [0.15, 0.2) is 51.1 Å². The molecule has 2 atom stereocenters. The highest BCUT2D eigenvalue weighted by atomic mass is 79.9. The number of hydrogen-bond donors (Lipinski definition) is 2. The number of anilines is 2. The summed E-state index contributed by atoms with van der Waals surface area (Å²) in [5.41, 5.74) is 0.471. The van der Waals surface area contributed by atoms with E-state index in [0.717, 1.165) is 14.5 Å². The maximum absolute atomic E-state index is 13.8. The van der Waals surface area contributed by atoms with Crippen molar-refractivity contribution in [3.8, 4) is 0 Å². The van der Waals surface area contributed by atoms with E-state index >= 15 is 0 Å². The molecule has 0 aliphatic carbocycles. The number of alkyl halides is 3. The molecule has 11 heteroatoms. The van der Waals surface area contributed by atoms with E-state index in [-0.39, 0.29) is 22.4 Å². The third-order valence-electron chi connectivity index (χ3n) is 4.75. The summed E-state index contributed by atoms with van der Waals surface area (Å²) >= 11 is 6.14. The fourth-order valence-electron chi connectivity index (χ4n) is 3.34. The van der Waals surface area contributed by atoms with Crippen LogP contribution in [-0.4, -0.2) is 28.1 Å². The molecule has 158 valence electrons. The second-order valence-electron chi connectivity index (χ2n) is 6.62. The molecular formula is C19H16BrF3N4OS2. The molecule has 4 rings (SSSR count). The number of carbonyl (C=O) groups is 1. The molecule has 0 spiro atoms. The molecule has 0 unspecified atom stereocenters. The number of aromatic nitrogens is 2. The minimum atomic E-state index is -4.50. The Morgan fingerprint density at radius 2 is 2.10 bits per heavy atom. The van der Waals surface area contributed by atoms with E-state index < -0.39 is 24.2 Å². The summed E-state index contributed by atoms with van der Waals surface area (Å²) in [5.74, 6) is -0.439. The summed E-state index contributed by atoms with van der Waals surface area (Å²) in [6, 6.07) is 8.43. The normalized spacial score (nSPS) is 18.6. The lowest BCUT2D eigenvalue weighted by Gasteiger charge is -2.33. The van der Waals surface area contributed by atoms with Gasteiger partial charge in [0.15, 0.2) is 11.7 Å². The van der Waals surface area contributed by atoms with Crippen LogP contribution in [-0.2, 0) is 0 Å². The maximum atomic E-state index is 13.8. The predicted octanol–water partition coefficient (Wildman–Crippen LogP) is 6.34. The van der Waals surface area contributed by atoms with Gasteiger partial charge in [-0.1, -0.05) is 18.2 Å². The minimum absolute atomic E-state index is 0.102. The fourth-order valence-corrected chi connectivity index (χ4v) is 5.24. The van der Waals surface area contributed by atoms with Crippen molar-refractivity contribution in [3.63, 3.8) is 0 Å². The average molecular weight is 517 g/mol. The summed E-state index contributed by atoms with van der Waals surface area (Å²) in [5, 5.41) is 11.7. The number of rotatable bonds is 4. The van der Waals surface area contributed by atoms with Crippen LogP contribution in [0.1, 0.15) is 33.9 Å². The largest absolute Gasteiger partial charge is 0.410 e. The van der Waals surface area contributed by atoms with Gasteiger partial charge in [0.2, 0.25) is 0 Å². The summed E-state index contributed by atoms with van der Waals surface area (Å²) in [6.45, 7) is 0. The molecule has 0 saturated heterocycles. The Balaban J connectivity index is 1.70. The van der Waals surface area contributed by atoms with Crippen LogP contribution in [0.5, 0.6) is 0 Å². The van der Waals surface area contributed by atoms with Crippen molar-refractivity contribution in [1.82, 2.24) is 9.78 Å². The zero-order chi connectivity index (χ0) is 21.5. The molecule has 0 fully saturated rings. The summed E-state index contributed by atoms with van der Waals surface area (Å²) < 4.78 is 42.5. The van der Waals surface area contributed by atoms with Crippen LogP contribution in [0.3, 0.4) is 0 Å². The molecule has 1 aliphatic rings. The monoisotopic (exact) mass is 516 g/mol. The van der Waals surface area contributed by atoms with E-state index in [1.807, 2.05) is 23.8 Å². The van der Waals surface area contributed by atoms with Gasteiger partial charge >= 0.3 is 6.18 Å². The van der Waals surface area contributed by atoms with Crippen LogP contribution in [0.4, 0.5) is 24.7 Å². The van der Waals surface area contributed by atoms with Gasteiger partial charge in [-0.25, -0.2) is 4.68 Å². The first kappa shape index (κ1) is 21.3. The first-order valence-corrected chi connectivity index (χ1v) is 11.8. The van der Waals surface area contributed by atoms with Crippen LogP contribution in [0, 0.1) is 0 Å². The molecule has 2 aromatic heterocycles. The van der Waals surface area contributed by atoms with Crippen LogP contribution in [0.2, 0.25) is 0 Å². The predicted molar refractivity (Wildman–Crippen MR) is 116 cm³/mol. The number of amides is 1.